The van der Waals surface area contributed by atoms with Crippen LogP contribution >= 0.6 is 0 Å². The third-order valence-corrected chi connectivity index (χ3v) is 13.2. The molecule has 0 fully saturated rings. The summed E-state index contributed by atoms with van der Waals surface area (Å²) in [5.74, 6) is -0.885. The third-order valence-electron chi connectivity index (χ3n) is 13.2. The summed E-state index contributed by atoms with van der Waals surface area (Å²) < 4.78 is 16.9. The maximum Gasteiger partial charge on any atom is 0.306 e. The van der Waals surface area contributed by atoms with Gasteiger partial charge in [0.05, 0.1) is 0 Å². The minimum Gasteiger partial charge on any atom is -0.462 e. The minimum absolute atomic E-state index is 0.0785. The molecule has 1 atom stereocenters. The lowest BCUT2D eigenvalue weighted by molar-refractivity contribution is -0.167. The van der Waals surface area contributed by atoms with E-state index in [2.05, 4.69) is 81.5 Å². The second-order valence-corrected chi connectivity index (χ2v) is 20.3. The van der Waals surface area contributed by atoms with Gasteiger partial charge in [0.1, 0.15) is 13.2 Å². The zero-order valence-electron chi connectivity index (χ0n) is 46.5. The molecule has 6 nitrogen and oxygen atoms in total. The lowest BCUT2D eigenvalue weighted by Gasteiger charge is -2.18. The molecular formula is C64H114O6. The highest BCUT2D eigenvalue weighted by Crippen LogP contribution is 2.16. The molecule has 0 rings (SSSR count). The van der Waals surface area contributed by atoms with Gasteiger partial charge in [-0.1, -0.05) is 261 Å². The summed E-state index contributed by atoms with van der Waals surface area (Å²) in [6.45, 7) is 6.62. The monoisotopic (exact) mass is 979 g/mol. The molecule has 0 aliphatic heterocycles. The molecule has 70 heavy (non-hydrogen) atoms. The van der Waals surface area contributed by atoms with Crippen LogP contribution < -0.4 is 0 Å². The van der Waals surface area contributed by atoms with E-state index in [0.717, 1.165) is 96.3 Å². The van der Waals surface area contributed by atoms with Gasteiger partial charge in [0.25, 0.3) is 0 Å². The van der Waals surface area contributed by atoms with Crippen molar-refractivity contribution in [3.8, 4) is 0 Å². The summed E-state index contributed by atoms with van der Waals surface area (Å²) in [7, 11) is 0. The standard InChI is InChI=1S/C64H114O6/c1-4-7-10-13-16-19-22-24-26-28-29-30-31-32-33-34-35-36-38-39-42-45-48-51-54-57-63(66)69-60-61(59-68-62(65)56-53-50-47-44-41-21-18-15-12-9-6-3)70-64(67)58-55-52-49-46-43-40-37-27-25-23-20-17-14-11-8-5-2/h20,22-24,27-29,31-32,37,61H,4-19,21,25-26,30,33-36,38-60H2,1-3H3/b23-20-,24-22-,29-28-,32-31-,37-27-. The maximum atomic E-state index is 12.8. The third kappa shape index (κ3) is 56.0. The number of allylic oxidation sites excluding steroid dienone is 10. The van der Waals surface area contributed by atoms with Crippen molar-refractivity contribution >= 4 is 17.9 Å². The van der Waals surface area contributed by atoms with E-state index >= 15 is 0 Å². The topological polar surface area (TPSA) is 78.9 Å². The van der Waals surface area contributed by atoms with Gasteiger partial charge in [-0.2, -0.15) is 0 Å². The molecule has 406 valence electrons. The number of unbranched alkanes of at least 4 members (excludes halogenated alkanes) is 34. The first kappa shape index (κ1) is 67.1. The van der Waals surface area contributed by atoms with Gasteiger partial charge in [-0.25, -0.2) is 0 Å². The minimum atomic E-state index is -0.781. The Balaban J connectivity index is 4.28. The number of ether oxygens (including phenoxy) is 3. The van der Waals surface area contributed by atoms with Crippen LogP contribution in [-0.4, -0.2) is 37.2 Å². The normalized spacial score (nSPS) is 12.4. The molecule has 0 aliphatic rings. The molecular weight excluding hydrogens is 865 g/mol. The van der Waals surface area contributed by atoms with Crippen LogP contribution in [0.3, 0.4) is 0 Å². The van der Waals surface area contributed by atoms with E-state index in [-0.39, 0.29) is 31.1 Å². The lowest BCUT2D eigenvalue weighted by Crippen LogP contribution is -2.30. The van der Waals surface area contributed by atoms with Crippen LogP contribution in [0.1, 0.15) is 310 Å². The number of rotatable bonds is 55. The van der Waals surface area contributed by atoms with Crippen molar-refractivity contribution in [1.82, 2.24) is 0 Å². The van der Waals surface area contributed by atoms with E-state index in [1.807, 2.05) is 0 Å². The van der Waals surface area contributed by atoms with Crippen molar-refractivity contribution in [2.24, 2.45) is 0 Å². The van der Waals surface area contributed by atoms with Gasteiger partial charge < -0.3 is 14.2 Å². The first-order valence-electron chi connectivity index (χ1n) is 30.3. The molecule has 0 heterocycles. The molecule has 0 aromatic rings. The average Bonchev–Trinajstić information content (AvgIpc) is 3.36. The average molecular weight is 980 g/mol. The molecule has 0 aromatic heterocycles. The van der Waals surface area contributed by atoms with Crippen molar-refractivity contribution in [2.75, 3.05) is 13.2 Å². The lowest BCUT2D eigenvalue weighted by atomic mass is 10.1. The summed E-state index contributed by atoms with van der Waals surface area (Å²) in [6.07, 6.45) is 73.6. The highest BCUT2D eigenvalue weighted by atomic mass is 16.6. The van der Waals surface area contributed by atoms with Crippen LogP contribution in [0.2, 0.25) is 0 Å². The Bertz CT molecular complexity index is 1260. The van der Waals surface area contributed by atoms with Crippen molar-refractivity contribution in [1.29, 1.82) is 0 Å². The van der Waals surface area contributed by atoms with Crippen LogP contribution in [0.15, 0.2) is 60.8 Å². The van der Waals surface area contributed by atoms with Crippen molar-refractivity contribution < 1.29 is 28.6 Å². The SMILES string of the molecule is CCCCCC/C=C\C/C=C\CCCCCCCC(=O)OC(COC(=O)CCCCCCCCCCCCC)COC(=O)CCCCCCCCCCCC/C=C\C/C=C\C/C=C\CCCCCCC. The quantitative estimate of drug-likeness (QED) is 0.0261. The Kier molecular flexibility index (Phi) is 56.3. The van der Waals surface area contributed by atoms with Gasteiger partial charge in [-0.05, 0) is 89.9 Å². The molecule has 0 bridgehead atoms. The summed E-state index contributed by atoms with van der Waals surface area (Å²) in [5.41, 5.74) is 0. The first-order valence-corrected chi connectivity index (χ1v) is 30.3. The van der Waals surface area contributed by atoms with E-state index in [4.69, 9.17) is 14.2 Å². The second-order valence-electron chi connectivity index (χ2n) is 20.3. The molecule has 0 N–H and O–H groups in total. The predicted molar refractivity (Wildman–Crippen MR) is 302 cm³/mol. The fourth-order valence-electron chi connectivity index (χ4n) is 8.66. The fourth-order valence-corrected chi connectivity index (χ4v) is 8.66. The predicted octanol–water partition coefficient (Wildman–Crippen LogP) is 20.4. The zero-order valence-corrected chi connectivity index (χ0v) is 46.5. The zero-order chi connectivity index (χ0) is 50.7. The number of carbonyl (C=O) groups excluding carboxylic acids is 3. The largest absolute Gasteiger partial charge is 0.462 e. The summed E-state index contributed by atoms with van der Waals surface area (Å²) in [5, 5.41) is 0. The van der Waals surface area contributed by atoms with Crippen molar-refractivity contribution in [3.05, 3.63) is 60.8 Å². The Morgan fingerprint density at radius 1 is 0.286 bits per heavy atom. The van der Waals surface area contributed by atoms with Gasteiger partial charge in [0.15, 0.2) is 6.10 Å². The maximum absolute atomic E-state index is 12.8. The molecule has 0 aliphatic carbocycles. The van der Waals surface area contributed by atoms with Crippen molar-refractivity contribution in [3.63, 3.8) is 0 Å². The molecule has 1 unspecified atom stereocenters. The van der Waals surface area contributed by atoms with Crippen LogP contribution in [0, 0.1) is 0 Å². The second kappa shape index (κ2) is 58.7. The van der Waals surface area contributed by atoms with Crippen LogP contribution in [-0.2, 0) is 28.6 Å². The fraction of sp³-hybridized carbons (Fsp3) is 0.797. The molecule has 0 saturated heterocycles. The summed E-state index contributed by atoms with van der Waals surface area (Å²) in [4.78, 5) is 38.1. The van der Waals surface area contributed by atoms with Gasteiger partial charge in [0.2, 0.25) is 0 Å². The molecule has 0 radical (unpaired) electrons. The van der Waals surface area contributed by atoms with E-state index in [0.29, 0.717) is 19.3 Å². The Morgan fingerprint density at radius 3 is 0.814 bits per heavy atom. The number of hydrogen-bond acceptors (Lipinski definition) is 6. The molecule has 0 amide bonds. The van der Waals surface area contributed by atoms with E-state index < -0.39 is 6.10 Å². The van der Waals surface area contributed by atoms with Gasteiger partial charge in [-0.15, -0.1) is 0 Å². The van der Waals surface area contributed by atoms with E-state index in [9.17, 15) is 14.4 Å². The Labute approximate surface area is 434 Å². The highest BCUT2D eigenvalue weighted by molar-refractivity contribution is 5.71. The van der Waals surface area contributed by atoms with E-state index in [1.54, 1.807) is 0 Å². The summed E-state index contributed by atoms with van der Waals surface area (Å²) in [6, 6.07) is 0. The molecule has 0 spiro atoms. The summed E-state index contributed by atoms with van der Waals surface area (Å²) >= 11 is 0. The molecule has 0 aromatic carbocycles. The highest BCUT2D eigenvalue weighted by Gasteiger charge is 2.19. The Morgan fingerprint density at radius 2 is 0.514 bits per heavy atom. The van der Waals surface area contributed by atoms with E-state index in [1.165, 1.54) is 173 Å². The molecule has 6 heteroatoms. The number of esters is 3. The smallest absolute Gasteiger partial charge is 0.306 e. The first-order chi connectivity index (χ1) is 34.5. The molecule has 0 saturated carbocycles. The van der Waals surface area contributed by atoms with Crippen LogP contribution in [0.25, 0.3) is 0 Å². The van der Waals surface area contributed by atoms with Gasteiger partial charge in [0, 0.05) is 19.3 Å². The van der Waals surface area contributed by atoms with Gasteiger partial charge in [-0.3, -0.25) is 14.4 Å². The Hall–Kier alpha value is -2.89. The number of carbonyl (C=O) groups is 3. The van der Waals surface area contributed by atoms with Crippen molar-refractivity contribution in [2.45, 2.75) is 316 Å². The van der Waals surface area contributed by atoms with Gasteiger partial charge >= 0.3 is 17.9 Å². The number of hydrogen-bond donors (Lipinski definition) is 0. The van der Waals surface area contributed by atoms with Crippen LogP contribution in [0.4, 0.5) is 0 Å². The van der Waals surface area contributed by atoms with Crippen LogP contribution in [0.5, 0.6) is 0 Å².